The van der Waals surface area contributed by atoms with Crippen molar-refractivity contribution in [2.75, 3.05) is 11.1 Å². The third-order valence-electron chi connectivity index (χ3n) is 5.15. The van der Waals surface area contributed by atoms with Gasteiger partial charge in [0.2, 0.25) is 5.91 Å². The number of nitrogens with zero attached hydrogens (tertiary/aromatic N) is 4. The molecular formula is C24H25N5O2S. The lowest BCUT2D eigenvalue weighted by atomic mass is 10.0. The summed E-state index contributed by atoms with van der Waals surface area (Å²) in [6.45, 7) is 6.05. The van der Waals surface area contributed by atoms with Crippen molar-refractivity contribution in [2.24, 2.45) is 7.05 Å². The molecule has 0 radical (unpaired) electrons. The average molecular weight is 448 g/mol. The van der Waals surface area contributed by atoms with Gasteiger partial charge in [-0.05, 0) is 36.6 Å². The Morgan fingerprint density at radius 1 is 1.12 bits per heavy atom. The molecule has 0 bridgehead atoms. The Morgan fingerprint density at radius 3 is 2.56 bits per heavy atom. The molecule has 4 aromatic rings. The predicted octanol–water partition coefficient (Wildman–Crippen LogP) is 4.28. The molecule has 0 aliphatic heterocycles. The lowest BCUT2D eigenvalue weighted by molar-refractivity contribution is -0.113. The Labute approximate surface area is 190 Å². The van der Waals surface area contributed by atoms with E-state index in [9.17, 15) is 9.59 Å². The molecule has 0 fully saturated rings. The third-order valence-corrected chi connectivity index (χ3v) is 6.09. The summed E-state index contributed by atoms with van der Waals surface area (Å²) in [5.41, 5.74) is 3.12. The molecule has 1 N–H and O–H groups in total. The number of fused-ring (bicyclic) bond motifs is 1. The van der Waals surface area contributed by atoms with Crippen LogP contribution in [0, 0.1) is 6.92 Å². The van der Waals surface area contributed by atoms with E-state index in [0.29, 0.717) is 21.9 Å². The number of rotatable bonds is 6. The van der Waals surface area contributed by atoms with Crippen LogP contribution in [0.25, 0.3) is 16.6 Å². The number of aryl methyl sites for hydroxylation is 2. The number of carbonyl (C=O) groups excluding carboxylic acids is 1. The predicted molar refractivity (Wildman–Crippen MR) is 129 cm³/mol. The van der Waals surface area contributed by atoms with Gasteiger partial charge in [-0.3, -0.25) is 18.8 Å². The topological polar surface area (TPSA) is 81.8 Å². The van der Waals surface area contributed by atoms with E-state index in [-0.39, 0.29) is 23.1 Å². The van der Waals surface area contributed by atoms with Crippen LogP contribution in [-0.2, 0) is 11.8 Å². The van der Waals surface area contributed by atoms with Gasteiger partial charge in [0.25, 0.3) is 5.56 Å². The van der Waals surface area contributed by atoms with E-state index in [0.717, 1.165) is 16.9 Å². The molecule has 2 aromatic heterocycles. The van der Waals surface area contributed by atoms with Crippen molar-refractivity contribution in [1.82, 2.24) is 19.3 Å². The number of aromatic nitrogens is 4. The van der Waals surface area contributed by atoms with Crippen LogP contribution >= 0.6 is 11.8 Å². The minimum atomic E-state index is -0.191. The number of para-hydroxylation sites is 2. The fraction of sp³-hybridized carbons (Fsp3) is 0.250. The summed E-state index contributed by atoms with van der Waals surface area (Å²) in [6.07, 6.45) is 0. The Bertz CT molecular complexity index is 1360. The second-order valence-electron chi connectivity index (χ2n) is 7.90. The number of nitrogens with one attached hydrogen (secondary N) is 1. The van der Waals surface area contributed by atoms with Gasteiger partial charge in [0, 0.05) is 13.1 Å². The summed E-state index contributed by atoms with van der Waals surface area (Å²) in [5, 5.41) is 8.14. The highest BCUT2D eigenvalue weighted by molar-refractivity contribution is 7.99. The maximum absolute atomic E-state index is 13.5. The largest absolute Gasteiger partial charge is 0.310 e. The molecule has 0 saturated carbocycles. The second-order valence-corrected chi connectivity index (χ2v) is 8.84. The molecule has 0 spiro atoms. The lowest BCUT2D eigenvalue weighted by Crippen LogP contribution is -2.24. The third kappa shape index (κ3) is 4.31. The minimum absolute atomic E-state index is 0.110. The molecule has 0 unspecified atom stereocenters. The standard InChI is InChI=1S/C24H25N5O2S/c1-15(2)17-9-6-8-12-20(17)29-23(31)18-10-5-7-11-19(18)25-24(29)32-14-22(30)26-21-13-16(3)27-28(21)4/h5-13,15H,14H2,1-4H3,(H,26,30). The van der Waals surface area contributed by atoms with E-state index in [2.05, 4.69) is 24.3 Å². The second kappa shape index (κ2) is 9.00. The summed E-state index contributed by atoms with van der Waals surface area (Å²) in [5.74, 6) is 0.767. The first-order chi connectivity index (χ1) is 15.3. The molecule has 32 heavy (non-hydrogen) atoms. The molecule has 0 aliphatic rings. The van der Waals surface area contributed by atoms with Crippen molar-refractivity contribution >= 4 is 34.4 Å². The minimum Gasteiger partial charge on any atom is -0.310 e. The molecule has 1 amide bonds. The zero-order valence-electron chi connectivity index (χ0n) is 18.5. The van der Waals surface area contributed by atoms with Crippen molar-refractivity contribution in [2.45, 2.75) is 31.8 Å². The number of carbonyl (C=O) groups is 1. The molecule has 0 aliphatic carbocycles. The molecule has 0 saturated heterocycles. The van der Waals surface area contributed by atoms with Crippen LogP contribution in [0.1, 0.15) is 31.0 Å². The van der Waals surface area contributed by atoms with Gasteiger partial charge in [-0.2, -0.15) is 5.10 Å². The molecular weight excluding hydrogens is 422 g/mol. The molecule has 7 nitrogen and oxygen atoms in total. The summed E-state index contributed by atoms with van der Waals surface area (Å²) < 4.78 is 3.25. The van der Waals surface area contributed by atoms with Gasteiger partial charge in [-0.1, -0.05) is 55.9 Å². The van der Waals surface area contributed by atoms with E-state index in [1.807, 2.05) is 55.5 Å². The smallest absolute Gasteiger partial charge is 0.266 e. The number of thioether (sulfide) groups is 1. The van der Waals surface area contributed by atoms with E-state index in [1.165, 1.54) is 11.8 Å². The Morgan fingerprint density at radius 2 is 1.84 bits per heavy atom. The Hall–Kier alpha value is -3.39. The fourth-order valence-corrected chi connectivity index (χ4v) is 4.44. The number of benzene rings is 2. The van der Waals surface area contributed by atoms with Crippen LogP contribution in [-0.4, -0.2) is 31.0 Å². The van der Waals surface area contributed by atoms with Crippen molar-refractivity contribution in [1.29, 1.82) is 0 Å². The van der Waals surface area contributed by atoms with Crippen molar-refractivity contribution in [3.8, 4) is 5.69 Å². The Kier molecular flexibility index (Phi) is 6.14. The van der Waals surface area contributed by atoms with E-state index in [4.69, 9.17) is 4.98 Å². The van der Waals surface area contributed by atoms with Crippen LogP contribution in [0.5, 0.6) is 0 Å². The fourth-order valence-electron chi connectivity index (χ4n) is 3.64. The van der Waals surface area contributed by atoms with Crippen molar-refractivity contribution < 1.29 is 4.79 Å². The normalized spacial score (nSPS) is 11.3. The van der Waals surface area contributed by atoms with E-state index >= 15 is 0 Å². The summed E-state index contributed by atoms with van der Waals surface area (Å²) in [4.78, 5) is 30.9. The highest BCUT2D eigenvalue weighted by Gasteiger charge is 2.18. The first-order valence-corrected chi connectivity index (χ1v) is 11.4. The van der Waals surface area contributed by atoms with Crippen molar-refractivity contribution in [3.63, 3.8) is 0 Å². The van der Waals surface area contributed by atoms with Crippen LogP contribution in [0.3, 0.4) is 0 Å². The first-order valence-electron chi connectivity index (χ1n) is 10.4. The van der Waals surface area contributed by atoms with Crippen LogP contribution < -0.4 is 10.9 Å². The Balaban J connectivity index is 1.74. The van der Waals surface area contributed by atoms with Gasteiger partial charge >= 0.3 is 0 Å². The van der Waals surface area contributed by atoms with Gasteiger partial charge in [0.05, 0.1) is 28.0 Å². The maximum atomic E-state index is 13.5. The monoisotopic (exact) mass is 447 g/mol. The zero-order valence-corrected chi connectivity index (χ0v) is 19.3. The highest BCUT2D eigenvalue weighted by atomic mass is 32.2. The molecule has 2 heterocycles. The molecule has 2 aromatic carbocycles. The zero-order chi connectivity index (χ0) is 22.8. The van der Waals surface area contributed by atoms with Gasteiger partial charge in [0.1, 0.15) is 5.82 Å². The number of anilines is 1. The van der Waals surface area contributed by atoms with Gasteiger partial charge < -0.3 is 5.32 Å². The number of hydrogen-bond acceptors (Lipinski definition) is 5. The van der Waals surface area contributed by atoms with Crippen LogP contribution in [0.4, 0.5) is 5.82 Å². The summed E-state index contributed by atoms with van der Waals surface area (Å²) >= 11 is 1.24. The molecule has 8 heteroatoms. The first kappa shape index (κ1) is 21.8. The van der Waals surface area contributed by atoms with E-state index < -0.39 is 0 Å². The number of hydrogen-bond donors (Lipinski definition) is 1. The average Bonchev–Trinajstić information content (AvgIpc) is 3.08. The van der Waals surface area contributed by atoms with E-state index in [1.54, 1.807) is 22.4 Å². The van der Waals surface area contributed by atoms with Crippen molar-refractivity contribution in [3.05, 3.63) is 76.2 Å². The van der Waals surface area contributed by atoms with Gasteiger partial charge in [-0.15, -0.1) is 0 Å². The molecule has 0 atom stereocenters. The molecule has 164 valence electrons. The van der Waals surface area contributed by atoms with Gasteiger partial charge in [0.15, 0.2) is 5.16 Å². The highest BCUT2D eigenvalue weighted by Crippen LogP contribution is 2.27. The summed E-state index contributed by atoms with van der Waals surface area (Å²) in [6, 6.07) is 16.9. The van der Waals surface area contributed by atoms with Crippen LogP contribution in [0.2, 0.25) is 0 Å². The summed E-state index contributed by atoms with van der Waals surface area (Å²) in [7, 11) is 1.78. The van der Waals surface area contributed by atoms with Crippen LogP contribution in [0.15, 0.2) is 64.5 Å². The lowest BCUT2D eigenvalue weighted by Gasteiger charge is -2.18. The maximum Gasteiger partial charge on any atom is 0.266 e. The van der Waals surface area contributed by atoms with Gasteiger partial charge in [-0.25, -0.2) is 4.98 Å². The quantitative estimate of drug-likeness (QED) is 0.352. The number of amides is 1. The molecule has 4 rings (SSSR count). The SMILES string of the molecule is Cc1cc(NC(=O)CSc2nc3ccccc3c(=O)n2-c2ccccc2C(C)C)n(C)n1.